The lowest BCUT2D eigenvalue weighted by atomic mass is 10.1. The largest absolute Gasteiger partial charge is 0.326 e. The second-order valence-electron chi connectivity index (χ2n) is 2.41. The van der Waals surface area contributed by atoms with Gasteiger partial charge >= 0.3 is 0 Å². The first-order valence-electron chi connectivity index (χ1n) is 3.29. The van der Waals surface area contributed by atoms with Crippen LogP contribution >= 0.6 is 11.6 Å². The second-order valence-corrected chi connectivity index (χ2v) is 2.79. The Hall–Kier alpha value is -0.600. The van der Waals surface area contributed by atoms with Gasteiger partial charge in [0.2, 0.25) is 0 Å². The number of hydrogen-bond acceptors (Lipinski definition) is 1. The molecule has 0 aromatic heterocycles. The first-order chi connectivity index (χ1) is 5.15. The maximum Gasteiger partial charge on any atom is 0.142 e. The molecule has 0 spiro atoms. The van der Waals surface area contributed by atoms with Gasteiger partial charge in [0.25, 0.3) is 0 Å². The Morgan fingerprint density at radius 1 is 1.55 bits per heavy atom. The first-order valence-corrected chi connectivity index (χ1v) is 3.67. The summed E-state index contributed by atoms with van der Waals surface area (Å²) in [6.07, 6.45) is 0. The van der Waals surface area contributed by atoms with Gasteiger partial charge < -0.3 is 5.73 Å². The van der Waals surface area contributed by atoms with Gasteiger partial charge in [-0.15, -0.1) is 0 Å². The molecular weight excluding hydrogens is 165 g/mol. The molecule has 0 aliphatic rings. The third kappa shape index (κ3) is 1.70. The van der Waals surface area contributed by atoms with Crippen LogP contribution in [0, 0.1) is 12.7 Å². The van der Waals surface area contributed by atoms with E-state index in [1.54, 1.807) is 13.0 Å². The summed E-state index contributed by atoms with van der Waals surface area (Å²) < 4.78 is 12.8. The Kier molecular flexibility index (Phi) is 2.47. The summed E-state index contributed by atoms with van der Waals surface area (Å²) >= 11 is 5.59. The Morgan fingerprint density at radius 2 is 2.18 bits per heavy atom. The molecule has 0 atom stereocenters. The quantitative estimate of drug-likeness (QED) is 0.693. The SMILES string of the molecule is Cc1cc(CN)cc(F)c1Cl. The van der Waals surface area contributed by atoms with Crippen molar-refractivity contribution in [1.82, 2.24) is 0 Å². The molecule has 0 amide bonds. The lowest BCUT2D eigenvalue weighted by Crippen LogP contribution is -1.98. The standard InChI is InChI=1S/C8H9ClFN/c1-5-2-6(4-11)3-7(10)8(5)9/h2-3H,4,11H2,1H3. The van der Waals surface area contributed by atoms with Crippen LogP contribution in [0.15, 0.2) is 12.1 Å². The molecule has 1 nitrogen and oxygen atoms in total. The third-order valence-electron chi connectivity index (χ3n) is 1.51. The van der Waals surface area contributed by atoms with Gasteiger partial charge in [-0.25, -0.2) is 4.39 Å². The van der Waals surface area contributed by atoms with Crippen molar-refractivity contribution in [3.63, 3.8) is 0 Å². The van der Waals surface area contributed by atoms with Crippen molar-refractivity contribution in [1.29, 1.82) is 0 Å². The van der Waals surface area contributed by atoms with Gasteiger partial charge in [0.05, 0.1) is 5.02 Å². The van der Waals surface area contributed by atoms with E-state index in [9.17, 15) is 4.39 Å². The van der Waals surface area contributed by atoms with Gasteiger partial charge in [-0.3, -0.25) is 0 Å². The summed E-state index contributed by atoms with van der Waals surface area (Å²) in [5.74, 6) is -0.396. The molecule has 0 saturated heterocycles. The van der Waals surface area contributed by atoms with Crippen LogP contribution in [0.3, 0.4) is 0 Å². The molecule has 0 aliphatic carbocycles. The number of hydrogen-bond donors (Lipinski definition) is 1. The van der Waals surface area contributed by atoms with E-state index in [4.69, 9.17) is 17.3 Å². The summed E-state index contributed by atoms with van der Waals surface area (Å²) in [6.45, 7) is 2.10. The van der Waals surface area contributed by atoms with Crippen molar-refractivity contribution in [2.24, 2.45) is 5.73 Å². The zero-order valence-corrected chi connectivity index (χ0v) is 6.95. The van der Waals surface area contributed by atoms with Gasteiger partial charge in [-0.05, 0) is 24.1 Å². The van der Waals surface area contributed by atoms with Gasteiger partial charge in [0.1, 0.15) is 5.82 Å². The minimum Gasteiger partial charge on any atom is -0.326 e. The minimum absolute atomic E-state index is 0.183. The third-order valence-corrected chi connectivity index (χ3v) is 1.98. The molecule has 11 heavy (non-hydrogen) atoms. The molecule has 0 bridgehead atoms. The van der Waals surface area contributed by atoms with Crippen molar-refractivity contribution in [3.8, 4) is 0 Å². The molecule has 2 N–H and O–H groups in total. The normalized spacial score (nSPS) is 10.2. The molecule has 3 heteroatoms. The summed E-state index contributed by atoms with van der Waals surface area (Å²) in [6, 6.07) is 3.14. The molecule has 60 valence electrons. The molecule has 1 rings (SSSR count). The number of benzene rings is 1. The number of halogens is 2. The van der Waals surface area contributed by atoms with E-state index < -0.39 is 5.82 Å². The van der Waals surface area contributed by atoms with Crippen molar-refractivity contribution >= 4 is 11.6 Å². The fourth-order valence-electron chi connectivity index (χ4n) is 0.915. The Bertz CT molecular complexity index is 250. The van der Waals surface area contributed by atoms with Crippen LogP contribution < -0.4 is 5.73 Å². The molecule has 1 aromatic rings. The van der Waals surface area contributed by atoms with Crippen LogP contribution in [-0.2, 0) is 6.54 Å². The van der Waals surface area contributed by atoms with Crippen molar-refractivity contribution < 1.29 is 4.39 Å². The maximum atomic E-state index is 12.8. The van der Waals surface area contributed by atoms with Crippen molar-refractivity contribution in [2.45, 2.75) is 13.5 Å². The van der Waals surface area contributed by atoms with Gasteiger partial charge in [-0.2, -0.15) is 0 Å². The predicted octanol–water partition coefficient (Wildman–Crippen LogP) is 2.25. The van der Waals surface area contributed by atoms with E-state index in [-0.39, 0.29) is 5.02 Å². The predicted molar refractivity (Wildman–Crippen MR) is 44.0 cm³/mol. The topological polar surface area (TPSA) is 26.0 Å². The number of nitrogens with two attached hydrogens (primary N) is 1. The smallest absolute Gasteiger partial charge is 0.142 e. The van der Waals surface area contributed by atoms with Crippen LogP contribution in [0.1, 0.15) is 11.1 Å². The lowest BCUT2D eigenvalue weighted by molar-refractivity contribution is 0.624. The first kappa shape index (κ1) is 8.50. The zero-order valence-electron chi connectivity index (χ0n) is 6.20. The van der Waals surface area contributed by atoms with Gasteiger partial charge in [0.15, 0.2) is 0 Å². The lowest BCUT2D eigenvalue weighted by Gasteiger charge is -2.02. The molecule has 0 heterocycles. The van der Waals surface area contributed by atoms with E-state index >= 15 is 0 Å². The van der Waals surface area contributed by atoms with E-state index in [1.807, 2.05) is 0 Å². The van der Waals surface area contributed by atoms with Crippen molar-refractivity contribution in [3.05, 3.63) is 34.1 Å². The van der Waals surface area contributed by atoms with Crippen LogP contribution in [-0.4, -0.2) is 0 Å². The van der Waals surface area contributed by atoms with E-state index in [0.717, 1.165) is 11.1 Å². The van der Waals surface area contributed by atoms with Crippen LogP contribution in [0.5, 0.6) is 0 Å². The minimum atomic E-state index is -0.396. The highest BCUT2D eigenvalue weighted by Gasteiger charge is 2.03. The fraction of sp³-hybridized carbons (Fsp3) is 0.250. The average molecular weight is 174 g/mol. The van der Waals surface area contributed by atoms with Gasteiger partial charge in [-0.1, -0.05) is 17.7 Å². The Balaban J connectivity index is 3.21. The van der Waals surface area contributed by atoms with Crippen LogP contribution in [0.25, 0.3) is 0 Å². The van der Waals surface area contributed by atoms with E-state index in [1.165, 1.54) is 6.07 Å². The summed E-state index contributed by atoms with van der Waals surface area (Å²) in [5.41, 5.74) is 6.82. The summed E-state index contributed by atoms with van der Waals surface area (Å²) in [4.78, 5) is 0. The van der Waals surface area contributed by atoms with Crippen molar-refractivity contribution in [2.75, 3.05) is 0 Å². The van der Waals surface area contributed by atoms with Crippen LogP contribution in [0.4, 0.5) is 4.39 Å². The van der Waals surface area contributed by atoms with Gasteiger partial charge in [0, 0.05) is 6.54 Å². The highest BCUT2D eigenvalue weighted by Crippen LogP contribution is 2.20. The summed E-state index contributed by atoms with van der Waals surface area (Å²) in [5, 5.41) is 0.183. The highest BCUT2D eigenvalue weighted by atomic mass is 35.5. The van der Waals surface area contributed by atoms with E-state index in [0.29, 0.717) is 6.54 Å². The molecule has 1 aromatic carbocycles. The Labute approximate surface area is 70.0 Å². The second kappa shape index (κ2) is 3.20. The zero-order chi connectivity index (χ0) is 8.43. The molecule has 0 fully saturated rings. The molecule has 0 aliphatic heterocycles. The van der Waals surface area contributed by atoms with E-state index in [2.05, 4.69) is 0 Å². The molecular formula is C8H9ClFN. The number of aryl methyl sites for hydroxylation is 1. The highest BCUT2D eigenvalue weighted by molar-refractivity contribution is 6.31. The molecule has 0 radical (unpaired) electrons. The monoisotopic (exact) mass is 173 g/mol. The van der Waals surface area contributed by atoms with Crippen LogP contribution in [0.2, 0.25) is 5.02 Å². The maximum absolute atomic E-state index is 12.8. The molecule has 0 unspecified atom stereocenters. The average Bonchev–Trinajstić information content (AvgIpc) is 1.99. The fourth-order valence-corrected chi connectivity index (χ4v) is 1.02. The molecule has 0 saturated carbocycles. The Morgan fingerprint density at radius 3 is 2.64 bits per heavy atom. The summed E-state index contributed by atoms with van der Waals surface area (Å²) in [7, 11) is 0. The number of rotatable bonds is 1.